The molecule has 2 atom stereocenters. The molecule has 0 heterocycles. The van der Waals surface area contributed by atoms with Crippen molar-refractivity contribution in [2.24, 2.45) is 0 Å². The summed E-state index contributed by atoms with van der Waals surface area (Å²) in [5.74, 6) is 0.324. The van der Waals surface area contributed by atoms with E-state index in [1.807, 2.05) is 19.1 Å². The molecule has 0 bridgehead atoms. The lowest BCUT2D eigenvalue weighted by molar-refractivity contribution is -0.136. The number of aliphatic hydroxyl groups is 2. The molecule has 2 unspecified atom stereocenters. The van der Waals surface area contributed by atoms with Crippen molar-refractivity contribution in [2.75, 3.05) is 26.9 Å². The van der Waals surface area contributed by atoms with E-state index in [4.69, 9.17) is 14.2 Å². The molecule has 0 saturated carbocycles. The van der Waals surface area contributed by atoms with E-state index >= 15 is 0 Å². The van der Waals surface area contributed by atoms with Gasteiger partial charge < -0.3 is 29.7 Å². The van der Waals surface area contributed by atoms with Gasteiger partial charge in [-0.05, 0) is 37.0 Å². The number of nitrogens with one attached hydrogen (secondary N) is 1. The molecule has 8 heteroatoms. The van der Waals surface area contributed by atoms with Gasteiger partial charge in [-0.25, -0.2) is 4.79 Å². The van der Waals surface area contributed by atoms with Gasteiger partial charge >= 0.3 is 6.09 Å². The number of rotatable bonds is 16. The summed E-state index contributed by atoms with van der Waals surface area (Å²) in [5, 5.41) is 22.6. The average molecular weight is 426 g/mol. The van der Waals surface area contributed by atoms with Crippen LogP contribution in [0.25, 0.3) is 0 Å². The van der Waals surface area contributed by atoms with E-state index in [-0.39, 0.29) is 19.6 Å². The Morgan fingerprint density at radius 1 is 1.07 bits per heavy atom. The fraction of sp³-hybridized carbons (Fsp3) is 0.636. The molecule has 0 saturated heterocycles. The number of hydrogen-bond donors (Lipinski definition) is 3. The van der Waals surface area contributed by atoms with E-state index in [0.29, 0.717) is 26.0 Å². The molecular formula is C22H35NO7. The normalized spacial score (nSPS) is 12.8. The summed E-state index contributed by atoms with van der Waals surface area (Å²) in [5.41, 5.74) is 0.895. The van der Waals surface area contributed by atoms with Crippen LogP contribution in [0.5, 0.6) is 5.75 Å². The van der Waals surface area contributed by atoms with Crippen LogP contribution >= 0.6 is 0 Å². The molecule has 30 heavy (non-hydrogen) atoms. The number of Topliss-reactive ketones (excluding diaryl/α,β-unsaturated/α-hetero) is 1. The van der Waals surface area contributed by atoms with E-state index in [0.717, 1.165) is 30.6 Å². The molecule has 1 amide bonds. The number of ketones is 1. The lowest BCUT2D eigenvalue weighted by atomic mass is 10.0. The van der Waals surface area contributed by atoms with Crippen molar-refractivity contribution in [3.8, 4) is 5.75 Å². The highest BCUT2D eigenvalue weighted by Crippen LogP contribution is 2.12. The topological polar surface area (TPSA) is 114 Å². The van der Waals surface area contributed by atoms with Crippen molar-refractivity contribution in [2.45, 2.75) is 64.3 Å². The van der Waals surface area contributed by atoms with Gasteiger partial charge in [-0.1, -0.05) is 31.9 Å². The lowest BCUT2D eigenvalue weighted by Gasteiger charge is -2.17. The maximum Gasteiger partial charge on any atom is 0.407 e. The Morgan fingerprint density at radius 2 is 1.80 bits per heavy atom. The van der Waals surface area contributed by atoms with Gasteiger partial charge in [-0.15, -0.1) is 0 Å². The summed E-state index contributed by atoms with van der Waals surface area (Å²) in [6.45, 7) is 3.04. The van der Waals surface area contributed by atoms with Crippen molar-refractivity contribution in [3.63, 3.8) is 0 Å². The minimum absolute atomic E-state index is 0.136. The standard InChI is InChI=1S/C22H35NO7/c1-3-4-14-30-22(27)23-13-7-5-6-8-19(24)21(26)20(25)16-29-15-17-9-11-18(28-2)12-10-17/h9-12,20-21,25-26H,3-8,13-16H2,1-2H3,(H,23,27). The number of ether oxygens (including phenoxy) is 3. The number of benzene rings is 1. The van der Waals surface area contributed by atoms with Crippen molar-refractivity contribution in [3.05, 3.63) is 29.8 Å². The summed E-state index contributed by atoms with van der Waals surface area (Å²) >= 11 is 0. The van der Waals surface area contributed by atoms with E-state index in [1.165, 1.54) is 0 Å². The molecule has 0 aliphatic carbocycles. The molecule has 1 aromatic carbocycles. The smallest absolute Gasteiger partial charge is 0.407 e. The predicted octanol–water partition coefficient (Wildman–Crippen LogP) is 2.59. The molecule has 0 radical (unpaired) electrons. The first-order valence-electron chi connectivity index (χ1n) is 10.5. The van der Waals surface area contributed by atoms with Crippen molar-refractivity contribution in [1.29, 1.82) is 0 Å². The Bertz CT molecular complexity index is 606. The molecule has 0 spiro atoms. The van der Waals surface area contributed by atoms with Gasteiger partial charge in [0.2, 0.25) is 0 Å². The van der Waals surface area contributed by atoms with Crippen LogP contribution < -0.4 is 10.1 Å². The number of amides is 1. The second kappa shape index (κ2) is 15.6. The monoisotopic (exact) mass is 425 g/mol. The largest absolute Gasteiger partial charge is 0.497 e. The van der Waals surface area contributed by atoms with Crippen LogP contribution in [0.3, 0.4) is 0 Å². The third-order valence-electron chi connectivity index (χ3n) is 4.51. The molecular weight excluding hydrogens is 390 g/mol. The minimum Gasteiger partial charge on any atom is -0.497 e. The first-order chi connectivity index (χ1) is 14.5. The highest BCUT2D eigenvalue weighted by atomic mass is 16.5. The van der Waals surface area contributed by atoms with E-state index in [1.54, 1.807) is 19.2 Å². The Labute approximate surface area is 178 Å². The van der Waals surface area contributed by atoms with Crippen LogP contribution in [0.1, 0.15) is 51.0 Å². The van der Waals surface area contributed by atoms with E-state index in [9.17, 15) is 19.8 Å². The molecule has 1 rings (SSSR count). The van der Waals surface area contributed by atoms with Gasteiger partial charge in [0.1, 0.15) is 18.0 Å². The van der Waals surface area contributed by atoms with Gasteiger partial charge in [0, 0.05) is 13.0 Å². The zero-order valence-electron chi connectivity index (χ0n) is 18.0. The van der Waals surface area contributed by atoms with Crippen LogP contribution in [-0.4, -0.2) is 61.2 Å². The van der Waals surface area contributed by atoms with Gasteiger partial charge in [0.25, 0.3) is 0 Å². The fourth-order valence-electron chi connectivity index (χ4n) is 2.62. The number of alkyl carbamates (subject to hydrolysis) is 1. The number of methoxy groups -OCH3 is 1. The third-order valence-corrected chi connectivity index (χ3v) is 4.51. The quantitative estimate of drug-likeness (QED) is 0.349. The zero-order chi connectivity index (χ0) is 22.2. The van der Waals surface area contributed by atoms with Gasteiger partial charge in [0.05, 0.1) is 26.9 Å². The summed E-state index contributed by atoms with van der Waals surface area (Å²) in [6.07, 6.45) is 0.819. The summed E-state index contributed by atoms with van der Waals surface area (Å²) in [4.78, 5) is 23.4. The van der Waals surface area contributed by atoms with Crippen LogP contribution in [0.15, 0.2) is 24.3 Å². The van der Waals surface area contributed by atoms with Crippen LogP contribution in [0.4, 0.5) is 4.79 Å². The SMILES string of the molecule is CCCCOC(=O)NCCCCCC(=O)C(O)C(O)COCc1ccc(OC)cc1. The second-order valence-electron chi connectivity index (χ2n) is 7.07. The number of carbonyl (C=O) groups excluding carboxylic acids is 2. The van der Waals surface area contributed by atoms with Crippen molar-refractivity contribution in [1.82, 2.24) is 5.32 Å². The predicted molar refractivity (Wildman–Crippen MR) is 112 cm³/mol. The van der Waals surface area contributed by atoms with Crippen molar-refractivity contribution < 1.29 is 34.0 Å². The number of aliphatic hydroxyl groups excluding tert-OH is 2. The Kier molecular flexibility index (Phi) is 13.5. The number of carbonyl (C=O) groups is 2. The Balaban J connectivity index is 2.10. The highest BCUT2D eigenvalue weighted by Gasteiger charge is 2.23. The van der Waals surface area contributed by atoms with Crippen molar-refractivity contribution >= 4 is 11.9 Å². The minimum atomic E-state index is -1.47. The lowest BCUT2D eigenvalue weighted by Crippen LogP contribution is -2.37. The van der Waals surface area contributed by atoms with Gasteiger partial charge in [-0.3, -0.25) is 4.79 Å². The van der Waals surface area contributed by atoms with Gasteiger partial charge in [-0.2, -0.15) is 0 Å². The summed E-state index contributed by atoms with van der Waals surface area (Å²) in [6, 6.07) is 7.29. The summed E-state index contributed by atoms with van der Waals surface area (Å²) in [7, 11) is 1.59. The maximum absolute atomic E-state index is 12.0. The Hall–Kier alpha value is -2.16. The van der Waals surface area contributed by atoms with Crippen LogP contribution in [0.2, 0.25) is 0 Å². The fourth-order valence-corrected chi connectivity index (χ4v) is 2.62. The molecule has 0 aromatic heterocycles. The van der Waals surface area contributed by atoms with E-state index < -0.39 is 24.1 Å². The first-order valence-corrected chi connectivity index (χ1v) is 10.5. The molecule has 0 aliphatic rings. The van der Waals surface area contributed by atoms with E-state index in [2.05, 4.69) is 5.32 Å². The highest BCUT2D eigenvalue weighted by molar-refractivity contribution is 5.83. The van der Waals surface area contributed by atoms with Crippen LogP contribution in [0, 0.1) is 0 Å². The average Bonchev–Trinajstić information content (AvgIpc) is 2.76. The zero-order valence-corrected chi connectivity index (χ0v) is 18.0. The van der Waals surface area contributed by atoms with Gasteiger partial charge in [0.15, 0.2) is 5.78 Å². The number of hydrogen-bond acceptors (Lipinski definition) is 7. The third kappa shape index (κ3) is 11.1. The van der Waals surface area contributed by atoms with Crippen LogP contribution in [-0.2, 0) is 20.9 Å². The second-order valence-corrected chi connectivity index (χ2v) is 7.07. The summed E-state index contributed by atoms with van der Waals surface area (Å²) < 4.78 is 15.4. The number of unbranched alkanes of at least 4 members (excludes halogenated alkanes) is 3. The Morgan fingerprint density at radius 3 is 2.47 bits per heavy atom. The maximum atomic E-state index is 12.0. The molecule has 1 aromatic rings. The molecule has 3 N–H and O–H groups in total. The molecule has 0 fully saturated rings. The molecule has 170 valence electrons. The molecule has 0 aliphatic heterocycles. The molecule has 8 nitrogen and oxygen atoms in total. The first kappa shape index (κ1) is 25.9.